The molecule has 6 heterocycles. The summed E-state index contributed by atoms with van der Waals surface area (Å²) in [5, 5.41) is 22.2. The van der Waals surface area contributed by atoms with E-state index in [-0.39, 0.29) is 134 Å². The Hall–Kier alpha value is -1.32. The van der Waals surface area contributed by atoms with Gasteiger partial charge < -0.3 is 33.6 Å². The summed E-state index contributed by atoms with van der Waals surface area (Å²) in [6.45, 7) is 15.7. The molecule has 0 saturated carbocycles. The van der Waals surface area contributed by atoms with Gasteiger partial charge in [0.05, 0.1) is 17.8 Å². The summed E-state index contributed by atoms with van der Waals surface area (Å²) in [7, 11) is 5.27. The molecular formula is C41H112B2N9O4P3. The molecular weight excluding hydrogens is 797 g/mol. The Morgan fingerprint density at radius 1 is 0.559 bits per heavy atom. The number of hydrogen-bond donors (Lipinski definition) is 2. The molecule has 366 valence electrons. The van der Waals surface area contributed by atoms with Crippen LogP contribution in [0.1, 0.15) is 195 Å². The lowest BCUT2D eigenvalue weighted by Crippen LogP contribution is -2.35. The highest BCUT2D eigenvalue weighted by atomic mass is 31.0. The summed E-state index contributed by atoms with van der Waals surface area (Å²) in [6, 6.07) is 0. The monoisotopic (exact) mass is 910 g/mol. The Balaban J connectivity index is -0.0000000322. The van der Waals surface area contributed by atoms with E-state index in [1.54, 1.807) is 6.82 Å². The topological polar surface area (TPSA) is 156 Å². The predicted molar refractivity (Wildman–Crippen MR) is 288 cm³/mol. The SMILES string of the molecule is C.C.C.C.C.C.C.C.C.C.C.C.C.C.C[B]N1CCCC(c2nc(C)no2)C1.C[B]O.Cc1noc(C2CCCN(C)C2)n1.Cc1noc(C2CCCNC2)n1.P.P.P. The summed E-state index contributed by atoms with van der Waals surface area (Å²) >= 11 is 0. The van der Waals surface area contributed by atoms with Crippen molar-refractivity contribution in [3.8, 4) is 0 Å². The lowest BCUT2D eigenvalue weighted by atomic mass is 9.88. The first-order valence-electron chi connectivity index (χ1n) is 15.1. The third kappa shape index (κ3) is 37.0. The number of hydrogen-bond acceptors (Lipinski definition) is 13. The van der Waals surface area contributed by atoms with Gasteiger partial charge in [0.1, 0.15) is 0 Å². The zero-order chi connectivity index (χ0) is 30.3. The average molecular weight is 910 g/mol. The van der Waals surface area contributed by atoms with Crippen LogP contribution < -0.4 is 5.32 Å². The first-order chi connectivity index (χ1) is 20.3. The second-order valence-corrected chi connectivity index (χ2v) is 11.0. The highest BCUT2D eigenvalue weighted by Crippen LogP contribution is 2.26. The molecule has 3 fully saturated rings. The van der Waals surface area contributed by atoms with E-state index in [1.807, 2.05) is 20.8 Å². The van der Waals surface area contributed by atoms with Crippen molar-refractivity contribution in [2.24, 2.45) is 0 Å². The van der Waals surface area contributed by atoms with Crippen molar-refractivity contribution in [3.63, 3.8) is 0 Å². The van der Waals surface area contributed by atoms with E-state index in [1.165, 1.54) is 32.2 Å². The highest BCUT2D eigenvalue weighted by Gasteiger charge is 2.25. The number of piperidine rings is 3. The molecule has 2 radical (unpaired) electrons. The molecule has 3 aliphatic rings. The molecule has 3 aromatic rings. The molecule has 0 amide bonds. The van der Waals surface area contributed by atoms with E-state index in [4.69, 9.17) is 18.6 Å². The molecule has 2 N–H and O–H groups in total. The summed E-state index contributed by atoms with van der Waals surface area (Å²) in [4.78, 5) is 17.4. The fraction of sp³-hybridized carbons (Fsp3) is 0.854. The molecule has 6 atom stereocenters. The summed E-state index contributed by atoms with van der Waals surface area (Å²) in [5.74, 6) is 5.90. The maximum Gasteiger partial charge on any atom is 0.283 e. The van der Waals surface area contributed by atoms with Crippen LogP contribution >= 0.6 is 29.7 Å². The number of likely N-dealkylation sites (tertiary alicyclic amines) is 1. The number of nitrogens with zero attached hydrogens (tertiary/aromatic N) is 8. The van der Waals surface area contributed by atoms with Gasteiger partial charge in [-0.1, -0.05) is 133 Å². The number of likely N-dealkylation sites (N-methyl/N-ethyl adjacent to an activating group) is 1. The summed E-state index contributed by atoms with van der Waals surface area (Å²) < 4.78 is 15.5. The van der Waals surface area contributed by atoms with Crippen molar-refractivity contribution >= 4 is 44.6 Å². The Morgan fingerprint density at radius 2 is 0.898 bits per heavy atom. The van der Waals surface area contributed by atoms with Crippen LogP contribution in [-0.4, -0.2) is 106 Å². The van der Waals surface area contributed by atoms with Crippen LogP contribution in [0.3, 0.4) is 0 Å². The minimum absolute atomic E-state index is 0. The van der Waals surface area contributed by atoms with Crippen LogP contribution in [0.4, 0.5) is 0 Å². The largest absolute Gasteiger partial charge is 0.455 e. The third-order valence-corrected chi connectivity index (χ3v) is 7.42. The quantitative estimate of drug-likeness (QED) is 0.189. The molecule has 6 unspecified atom stereocenters. The molecule has 3 aromatic heterocycles. The summed E-state index contributed by atoms with van der Waals surface area (Å²) in [5.41, 5.74) is 0. The van der Waals surface area contributed by atoms with Crippen LogP contribution in [-0.2, 0) is 0 Å². The first-order valence-corrected chi connectivity index (χ1v) is 15.1. The van der Waals surface area contributed by atoms with Gasteiger partial charge in [0.25, 0.3) is 7.48 Å². The van der Waals surface area contributed by atoms with Gasteiger partial charge in [-0.2, -0.15) is 44.6 Å². The van der Waals surface area contributed by atoms with Crippen LogP contribution in [0.15, 0.2) is 13.6 Å². The highest BCUT2D eigenvalue weighted by molar-refractivity contribution is 6.92. The van der Waals surface area contributed by atoms with E-state index >= 15 is 0 Å². The molecule has 0 aliphatic carbocycles. The smallest absolute Gasteiger partial charge is 0.283 e. The molecule has 18 heteroatoms. The van der Waals surface area contributed by atoms with Gasteiger partial charge in [-0.25, -0.2) is 0 Å². The van der Waals surface area contributed by atoms with Gasteiger partial charge in [0, 0.05) is 13.1 Å². The minimum atomic E-state index is 0. The maximum absolute atomic E-state index is 7.44. The molecule has 6 rings (SSSR count). The third-order valence-electron chi connectivity index (χ3n) is 7.42. The zero-order valence-electron chi connectivity index (χ0n) is 28.2. The van der Waals surface area contributed by atoms with Gasteiger partial charge in [-0.05, 0) is 92.5 Å². The van der Waals surface area contributed by atoms with E-state index in [0.29, 0.717) is 17.8 Å². The van der Waals surface area contributed by atoms with Crippen molar-refractivity contribution in [2.75, 3.05) is 46.3 Å². The zero-order valence-corrected chi connectivity index (χ0v) is 32.5. The van der Waals surface area contributed by atoms with Crippen LogP contribution in [0, 0.1) is 20.8 Å². The van der Waals surface area contributed by atoms with Gasteiger partial charge in [-0.3, -0.25) is 0 Å². The van der Waals surface area contributed by atoms with Gasteiger partial charge in [0.2, 0.25) is 25.1 Å². The normalized spacial score (nSPS) is 16.3. The first kappa shape index (κ1) is 102. The lowest BCUT2D eigenvalue weighted by Gasteiger charge is -2.29. The molecule has 59 heavy (non-hydrogen) atoms. The van der Waals surface area contributed by atoms with Crippen molar-refractivity contribution in [2.45, 2.75) is 195 Å². The molecule has 0 spiro atoms. The molecule has 3 saturated heterocycles. The van der Waals surface area contributed by atoms with Gasteiger partial charge in [-0.15, -0.1) is 0 Å². The standard InChI is InChI=1S/C9H15BN3O.C9H15N3O.C8H13N3O.CH4BO.14CH4.3H3P/c1-7-11-9(14-12-7)8-4-3-5-13(6-8)10-2;1-7-10-9(13-11-7)8-4-3-5-12(2)6-8;1-6-10-8(12-11-6)7-3-2-4-9-5-7;1-2-3;;;;;;;;;;;;;;;;;/h8H,3-6H2,1-2H3;8H,3-6H2,1-2H3;7,9H,2-5H2,1H3;3H,1H3;14*1H4;3*1H3. The summed E-state index contributed by atoms with van der Waals surface area (Å²) in [6.07, 6.45) is 7.12. The number of rotatable bonds is 4. The van der Waals surface area contributed by atoms with Crippen molar-refractivity contribution in [1.82, 2.24) is 45.4 Å². The van der Waals surface area contributed by atoms with Crippen molar-refractivity contribution in [3.05, 3.63) is 35.1 Å². The van der Waals surface area contributed by atoms with E-state index < -0.39 is 0 Å². The molecule has 3 aliphatic heterocycles. The minimum Gasteiger partial charge on any atom is -0.455 e. The van der Waals surface area contributed by atoms with Crippen LogP contribution in [0.2, 0.25) is 13.6 Å². The maximum atomic E-state index is 7.44. The fourth-order valence-electron chi connectivity index (χ4n) is 5.31. The van der Waals surface area contributed by atoms with Gasteiger partial charge in [0.15, 0.2) is 17.5 Å². The number of aromatic nitrogens is 6. The Labute approximate surface area is 383 Å². The fourth-order valence-corrected chi connectivity index (χ4v) is 5.31. The predicted octanol–water partition coefficient (Wildman–Crippen LogP) is 12.0. The molecule has 0 bridgehead atoms. The Bertz CT molecular complexity index is 1160. The Morgan fingerprint density at radius 3 is 1.20 bits per heavy atom. The Kier molecular flexibility index (Phi) is 97.7. The van der Waals surface area contributed by atoms with Crippen molar-refractivity contribution < 1.29 is 18.6 Å². The lowest BCUT2D eigenvalue weighted by molar-refractivity contribution is 0.220. The number of nitrogens with one attached hydrogen (secondary N) is 1. The molecule has 13 nitrogen and oxygen atoms in total. The van der Waals surface area contributed by atoms with Crippen molar-refractivity contribution in [1.29, 1.82) is 0 Å². The van der Waals surface area contributed by atoms with Gasteiger partial charge >= 0.3 is 0 Å². The van der Waals surface area contributed by atoms with E-state index in [0.717, 1.165) is 88.2 Å². The number of aryl methyl sites for hydroxylation is 3. The van der Waals surface area contributed by atoms with E-state index in [2.05, 4.69) is 66.7 Å². The molecule has 0 aromatic carbocycles. The van der Waals surface area contributed by atoms with Crippen LogP contribution in [0.5, 0.6) is 0 Å². The van der Waals surface area contributed by atoms with E-state index in [9.17, 15) is 0 Å². The second-order valence-electron chi connectivity index (χ2n) is 11.0. The second kappa shape index (κ2) is 56.7. The van der Waals surface area contributed by atoms with Crippen LogP contribution in [0.25, 0.3) is 0 Å². The average Bonchev–Trinajstić information content (AvgIpc) is 3.76.